The molecule has 1 aromatic rings. The number of nitriles is 1. The zero-order chi connectivity index (χ0) is 15.9. The molecule has 0 radical (unpaired) electrons. The maximum atomic E-state index is 13.0. The molecule has 0 spiro atoms. The monoisotopic (exact) mass is 301 g/mol. The summed E-state index contributed by atoms with van der Waals surface area (Å²) in [5.74, 6) is -0.0316. The van der Waals surface area contributed by atoms with Crippen LogP contribution in [0.3, 0.4) is 0 Å². The van der Waals surface area contributed by atoms with Crippen molar-refractivity contribution in [1.29, 1.82) is 5.26 Å². The maximum absolute atomic E-state index is 13.0. The lowest BCUT2D eigenvalue weighted by atomic mass is 10.0. The summed E-state index contributed by atoms with van der Waals surface area (Å²) in [4.78, 5) is 16.8. The Labute approximate surface area is 132 Å². The lowest BCUT2D eigenvalue weighted by Crippen LogP contribution is -2.47. The minimum Gasteiger partial charge on any atom is -0.378 e. The second kappa shape index (κ2) is 7.92. The highest BCUT2D eigenvalue weighted by Gasteiger charge is 2.30. The van der Waals surface area contributed by atoms with E-state index in [9.17, 15) is 4.79 Å². The summed E-state index contributed by atoms with van der Waals surface area (Å²) >= 11 is 0. The van der Waals surface area contributed by atoms with Gasteiger partial charge in [0, 0.05) is 19.6 Å². The van der Waals surface area contributed by atoms with Crippen molar-refractivity contribution in [3.63, 3.8) is 0 Å². The number of carbonyl (C=O) groups is 1. The van der Waals surface area contributed by atoms with E-state index in [4.69, 9.17) is 10.00 Å². The van der Waals surface area contributed by atoms with E-state index in [1.54, 1.807) is 0 Å². The summed E-state index contributed by atoms with van der Waals surface area (Å²) in [5, 5.41) is 9.03. The first kappa shape index (κ1) is 16.5. The number of rotatable bonds is 5. The molecule has 2 atom stereocenters. The van der Waals surface area contributed by atoms with Crippen molar-refractivity contribution in [1.82, 2.24) is 9.80 Å². The summed E-state index contributed by atoms with van der Waals surface area (Å²) < 4.78 is 5.33. The van der Waals surface area contributed by atoms with Gasteiger partial charge in [-0.1, -0.05) is 30.3 Å². The molecule has 0 aliphatic carbocycles. The van der Waals surface area contributed by atoms with E-state index < -0.39 is 0 Å². The average Bonchev–Trinajstić information content (AvgIpc) is 2.56. The van der Waals surface area contributed by atoms with Crippen molar-refractivity contribution in [3.8, 4) is 6.07 Å². The van der Waals surface area contributed by atoms with Gasteiger partial charge in [-0.2, -0.15) is 5.26 Å². The minimum absolute atomic E-state index is 0.0853. The Hall–Kier alpha value is -1.90. The molecule has 22 heavy (non-hydrogen) atoms. The second-order valence-electron chi connectivity index (χ2n) is 5.72. The van der Waals surface area contributed by atoms with Crippen LogP contribution in [0.25, 0.3) is 0 Å². The smallest absolute Gasteiger partial charge is 0.244 e. The molecule has 5 nitrogen and oxygen atoms in total. The minimum atomic E-state index is -0.352. The third-order valence-corrected chi connectivity index (χ3v) is 3.89. The standard InChI is InChI=1S/C17H23N3O2/c1-14(12-18)13-19(2)16(15-6-4-3-5-7-15)17(21)20-8-10-22-11-9-20/h3-7,14,16H,8-11,13H2,1-2H3/t14-,16+/m1/s1. The van der Waals surface area contributed by atoms with Crippen LogP contribution >= 0.6 is 0 Å². The maximum Gasteiger partial charge on any atom is 0.244 e. The van der Waals surface area contributed by atoms with Gasteiger partial charge in [0.15, 0.2) is 0 Å². The summed E-state index contributed by atoms with van der Waals surface area (Å²) in [6.45, 7) is 4.87. The third-order valence-electron chi connectivity index (χ3n) is 3.89. The van der Waals surface area contributed by atoms with Gasteiger partial charge < -0.3 is 9.64 Å². The van der Waals surface area contributed by atoms with E-state index in [1.807, 2.05) is 54.1 Å². The van der Waals surface area contributed by atoms with E-state index in [1.165, 1.54) is 0 Å². The lowest BCUT2D eigenvalue weighted by Gasteiger charge is -2.35. The van der Waals surface area contributed by atoms with Crippen molar-refractivity contribution >= 4 is 5.91 Å². The van der Waals surface area contributed by atoms with Gasteiger partial charge in [0.2, 0.25) is 5.91 Å². The molecule has 1 amide bonds. The zero-order valence-electron chi connectivity index (χ0n) is 13.2. The Bertz CT molecular complexity index is 520. The molecule has 1 heterocycles. The summed E-state index contributed by atoms with van der Waals surface area (Å²) in [5.41, 5.74) is 0.964. The largest absolute Gasteiger partial charge is 0.378 e. The highest BCUT2D eigenvalue weighted by molar-refractivity contribution is 5.83. The van der Waals surface area contributed by atoms with Crippen LogP contribution in [0.1, 0.15) is 18.5 Å². The van der Waals surface area contributed by atoms with Crippen LogP contribution in [-0.4, -0.2) is 55.6 Å². The Morgan fingerprint density at radius 3 is 2.59 bits per heavy atom. The molecule has 2 rings (SSSR count). The molecule has 0 aromatic heterocycles. The summed E-state index contributed by atoms with van der Waals surface area (Å²) in [6, 6.07) is 11.6. The van der Waals surface area contributed by atoms with Crippen LogP contribution in [-0.2, 0) is 9.53 Å². The first-order valence-electron chi connectivity index (χ1n) is 7.65. The molecule has 0 saturated carbocycles. The molecule has 1 saturated heterocycles. The molecule has 1 aromatic carbocycles. The zero-order valence-corrected chi connectivity index (χ0v) is 13.2. The van der Waals surface area contributed by atoms with E-state index in [0.717, 1.165) is 5.56 Å². The molecule has 118 valence electrons. The second-order valence-corrected chi connectivity index (χ2v) is 5.72. The van der Waals surface area contributed by atoms with Gasteiger partial charge >= 0.3 is 0 Å². The quantitative estimate of drug-likeness (QED) is 0.830. The molecule has 1 fully saturated rings. The Morgan fingerprint density at radius 1 is 1.36 bits per heavy atom. The molecule has 5 heteroatoms. The van der Waals surface area contributed by atoms with E-state index >= 15 is 0 Å². The number of morpholine rings is 1. The van der Waals surface area contributed by atoms with Crippen LogP contribution in [0.5, 0.6) is 0 Å². The molecule has 0 N–H and O–H groups in total. The van der Waals surface area contributed by atoms with Crippen LogP contribution in [0, 0.1) is 17.2 Å². The fourth-order valence-corrected chi connectivity index (χ4v) is 2.76. The van der Waals surface area contributed by atoms with Crippen LogP contribution in [0.4, 0.5) is 0 Å². The Kier molecular flexibility index (Phi) is 5.93. The normalized spacial score (nSPS) is 17.8. The van der Waals surface area contributed by atoms with Crippen molar-refractivity contribution < 1.29 is 9.53 Å². The lowest BCUT2D eigenvalue weighted by molar-refractivity contribution is -0.141. The Morgan fingerprint density at radius 2 is 2.00 bits per heavy atom. The molecule has 1 aliphatic rings. The van der Waals surface area contributed by atoms with Crippen LogP contribution in [0.15, 0.2) is 30.3 Å². The van der Waals surface area contributed by atoms with Crippen LogP contribution < -0.4 is 0 Å². The highest BCUT2D eigenvalue weighted by Crippen LogP contribution is 2.23. The highest BCUT2D eigenvalue weighted by atomic mass is 16.5. The summed E-state index contributed by atoms with van der Waals surface area (Å²) in [7, 11) is 1.91. The average molecular weight is 301 g/mol. The fraction of sp³-hybridized carbons (Fsp3) is 0.529. The number of carbonyl (C=O) groups excluding carboxylic acids is 1. The van der Waals surface area contributed by atoms with Crippen molar-refractivity contribution in [2.45, 2.75) is 13.0 Å². The molecular formula is C17H23N3O2. The SMILES string of the molecule is C[C@H](C#N)CN(C)[C@H](C(=O)N1CCOCC1)c1ccccc1. The number of hydrogen-bond donors (Lipinski definition) is 0. The molecule has 0 bridgehead atoms. The van der Waals surface area contributed by atoms with E-state index in [0.29, 0.717) is 32.8 Å². The third kappa shape index (κ3) is 4.06. The first-order chi connectivity index (χ1) is 10.6. The van der Waals surface area contributed by atoms with Crippen molar-refractivity contribution in [3.05, 3.63) is 35.9 Å². The number of ether oxygens (including phenoxy) is 1. The van der Waals surface area contributed by atoms with Gasteiger partial charge in [-0.05, 0) is 19.5 Å². The van der Waals surface area contributed by atoms with E-state index in [-0.39, 0.29) is 17.9 Å². The Balaban J connectivity index is 2.21. The fourth-order valence-electron chi connectivity index (χ4n) is 2.76. The number of amides is 1. The number of hydrogen-bond acceptors (Lipinski definition) is 4. The topological polar surface area (TPSA) is 56.6 Å². The first-order valence-corrected chi connectivity index (χ1v) is 7.65. The van der Waals surface area contributed by atoms with Crippen LogP contribution in [0.2, 0.25) is 0 Å². The van der Waals surface area contributed by atoms with Crippen molar-refractivity contribution in [2.75, 3.05) is 39.9 Å². The predicted molar refractivity (Wildman–Crippen MR) is 84.0 cm³/mol. The van der Waals surface area contributed by atoms with Gasteiger partial charge in [0.05, 0.1) is 25.2 Å². The predicted octanol–water partition coefficient (Wildman–Crippen LogP) is 1.68. The number of likely N-dealkylation sites (N-methyl/N-ethyl adjacent to an activating group) is 1. The van der Waals surface area contributed by atoms with Gasteiger partial charge in [-0.25, -0.2) is 0 Å². The number of nitrogens with zero attached hydrogens (tertiary/aromatic N) is 3. The van der Waals surface area contributed by atoms with Gasteiger partial charge in [-0.15, -0.1) is 0 Å². The number of benzene rings is 1. The molecule has 0 unspecified atom stereocenters. The van der Waals surface area contributed by atoms with Gasteiger partial charge in [0.1, 0.15) is 6.04 Å². The summed E-state index contributed by atoms with van der Waals surface area (Å²) in [6.07, 6.45) is 0. The van der Waals surface area contributed by atoms with Crippen molar-refractivity contribution in [2.24, 2.45) is 5.92 Å². The van der Waals surface area contributed by atoms with Gasteiger partial charge in [0.25, 0.3) is 0 Å². The molecule has 1 aliphatic heterocycles. The van der Waals surface area contributed by atoms with Gasteiger partial charge in [-0.3, -0.25) is 9.69 Å². The van der Waals surface area contributed by atoms with E-state index in [2.05, 4.69) is 6.07 Å². The molecular weight excluding hydrogens is 278 g/mol.